The van der Waals surface area contributed by atoms with Crippen molar-refractivity contribution >= 4 is 17.6 Å². The van der Waals surface area contributed by atoms with Crippen molar-refractivity contribution in [3.63, 3.8) is 0 Å². The molecule has 16 heavy (non-hydrogen) atoms. The van der Waals surface area contributed by atoms with Crippen LogP contribution in [-0.2, 0) is 10.5 Å². The lowest BCUT2D eigenvalue weighted by molar-refractivity contribution is 0.200. The fraction of sp³-hybridized carbons (Fsp3) is 0.455. The summed E-state index contributed by atoms with van der Waals surface area (Å²) in [4.78, 5) is 4.02. The number of nitrogen functional groups attached to an aromatic ring is 1. The van der Waals surface area contributed by atoms with Crippen LogP contribution in [0.2, 0.25) is 0 Å². The van der Waals surface area contributed by atoms with Gasteiger partial charge >= 0.3 is 0 Å². The summed E-state index contributed by atoms with van der Waals surface area (Å²) >= 11 is 1.85. The molecule has 0 amide bonds. The maximum absolute atomic E-state index is 7.29. The van der Waals surface area contributed by atoms with E-state index in [1.807, 2.05) is 23.9 Å². The Kier molecular flexibility index (Phi) is 5.88. The molecule has 0 spiro atoms. The molecule has 0 bridgehead atoms. The van der Waals surface area contributed by atoms with Crippen molar-refractivity contribution in [3.8, 4) is 0 Å². The SMILES string of the molecule is COCCCSCc1ccnc(C(=N)N)c1. The van der Waals surface area contributed by atoms with Crippen molar-refractivity contribution in [1.82, 2.24) is 4.98 Å². The molecule has 0 saturated carbocycles. The van der Waals surface area contributed by atoms with E-state index >= 15 is 0 Å². The number of hydrogen-bond acceptors (Lipinski definition) is 4. The monoisotopic (exact) mass is 239 g/mol. The second kappa shape index (κ2) is 7.24. The molecule has 0 aliphatic heterocycles. The topological polar surface area (TPSA) is 72.0 Å². The van der Waals surface area contributed by atoms with Gasteiger partial charge < -0.3 is 10.5 Å². The summed E-state index contributed by atoms with van der Waals surface area (Å²) in [5.74, 6) is 2.02. The van der Waals surface area contributed by atoms with Gasteiger partial charge in [-0.3, -0.25) is 10.4 Å². The molecule has 0 unspecified atom stereocenters. The number of thioether (sulfide) groups is 1. The number of hydrogen-bond donors (Lipinski definition) is 2. The van der Waals surface area contributed by atoms with Crippen molar-refractivity contribution in [3.05, 3.63) is 29.6 Å². The van der Waals surface area contributed by atoms with E-state index in [1.165, 1.54) is 0 Å². The quantitative estimate of drug-likeness (QED) is 0.431. The standard InChI is InChI=1S/C11H17N3OS/c1-15-5-2-6-16-8-9-3-4-14-10(7-9)11(12)13/h3-4,7H,2,5-6,8H2,1H3,(H3,12,13). The lowest BCUT2D eigenvalue weighted by Crippen LogP contribution is -2.13. The third-order valence-corrected chi connectivity index (χ3v) is 3.12. The van der Waals surface area contributed by atoms with Gasteiger partial charge in [0, 0.05) is 25.7 Å². The van der Waals surface area contributed by atoms with Gasteiger partial charge in [0.2, 0.25) is 0 Å². The maximum Gasteiger partial charge on any atom is 0.141 e. The number of nitrogens with one attached hydrogen (secondary N) is 1. The number of rotatable bonds is 7. The van der Waals surface area contributed by atoms with Gasteiger partial charge in [0.1, 0.15) is 11.5 Å². The second-order valence-corrected chi connectivity index (χ2v) is 4.47. The maximum atomic E-state index is 7.29. The highest BCUT2D eigenvalue weighted by Crippen LogP contribution is 2.13. The first kappa shape index (κ1) is 13.0. The highest BCUT2D eigenvalue weighted by Gasteiger charge is 2.00. The van der Waals surface area contributed by atoms with E-state index in [9.17, 15) is 0 Å². The van der Waals surface area contributed by atoms with Gasteiger partial charge in [-0.2, -0.15) is 11.8 Å². The Morgan fingerprint density at radius 3 is 3.12 bits per heavy atom. The van der Waals surface area contributed by atoms with Crippen LogP contribution >= 0.6 is 11.8 Å². The van der Waals surface area contributed by atoms with E-state index in [2.05, 4.69) is 4.98 Å². The van der Waals surface area contributed by atoms with E-state index in [1.54, 1.807) is 13.3 Å². The number of methoxy groups -OCH3 is 1. The highest BCUT2D eigenvalue weighted by atomic mass is 32.2. The van der Waals surface area contributed by atoms with Crippen LogP contribution in [-0.4, -0.2) is 30.3 Å². The van der Waals surface area contributed by atoms with Crippen LogP contribution in [0.3, 0.4) is 0 Å². The minimum Gasteiger partial charge on any atom is -0.385 e. The van der Waals surface area contributed by atoms with Crippen molar-refractivity contribution < 1.29 is 4.74 Å². The summed E-state index contributed by atoms with van der Waals surface area (Å²) in [6.45, 7) is 0.808. The van der Waals surface area contributed by atoms with Gasteiger partial charge in [-0.25, -0.2) is 0 Å². The lowest BCUT2D eigenvalue weighted by Gasteiger charge is -2.03. The molecule has 4 nitrogen and oxygen atoms in total. The molecule has 1 heterocycles. The number of ether oxygens (including phenoxy) is 1. The molecular weight excluding hydrogens is 222 g/mol. The van der Waals surface area contributed by atoms with Gasteiger partial charge in [0.25, 0.3) is 0 Å². The molecule has 0 saturated heterocycles. The molecule has 3 N–H and O–H groups in total. The summed E-state index contributed by atoms with van der Waals surface area (Å²) in [7, 11) is 1.71. The zero-order chi connectivity index (χ0) is 11.8. The number of pyridine rings is 1. The molecule has 0 aromatic carbocycles. The van der Waals surface area contributed by atoms with Crippen LogP contribution < -0.4 is 5.73 Å². The summed E-state index contributed by atoms with van der Waals surface area (Å²) in [5.41, 5.74) is 7.08. The Morgan fingerprint density at radius 2 is 2.44 bits per heavy atom. The molecule has 0 aliphatic carbocycles. The lowest BCUT2D eigenvalue weighted by atomic mass is 10.2. The predicted octanol–water partition coefficient (Wildman–Crippen LogP) is 1.64. The summed E-state index contributed by atoms with van der Waals surface area (Å²) in [6.07, 6.45) is 2.76. The predicted molar refractivity (Wildman–Crippen MR) is 67.9 cm³/mol. The van der Waals surface area contributed by atoms with Crippen LogP contribution in [0.25, 0.3) is 0 Å². The molecule has 0 atom stereocenters. The van der Waals surface area contributed by atoms with Crippen LogP contribution in [0.4, 0.5) is 0 Å². The third kappa shape index (κ3) is 4.63. The van der Waals surface area contributed by atoms with E-state index in [-0.39, 0.29) is 5.84 Å². The Bertz CT molecular complexity index is 344. The fourth-order valence-electron chi connectivity index (χ4n) is 1.21. The van der Waals surface area contributed by atoms with Crippen LogP contribution in [0.5, 0.6) is 0 Å². The van der Waals surface area contributed by atoms with Crippen LogP contribution in [0, 0.1) is 5.41 Å². The molecule has 5 heteroatoms. The zero-order valence-electron chi connectivity index (χ0n) is 9.40. The van der Waals surface area contributed by atoms with Crippen molar-refractivity contribution in [2.75, 3.05) is 19.5 Å². The van der Waals surface area contributed by atoms with Crippen LogP contribution in [0.15, 0.2) is 18.3 Å². The minimum absolute atomic E-state index is 0.0197. The van der Waals surface area contributed by atoms with Crippen molar-refractivity contribution in [2.45, 2.75) is 12.2 Å². The zero-order valence-corrected chi connectivity index (χ0v) is 10.2. The molecule has 0 fully saturated rings. The van der Waals surface area contributed by atoms with Gasteiger partial charge in [-0.1, -0.05) is 0 Å². The molecule has 0 radical (unpaired) electrons. The van der Waals surface area contributed by atoms with Gasteiger partial charge in [-0.05, 0) is 29.9 Å². The smallest absolute Gasteiger partial charge is 0.141 e. The second-order valence-electron chi connectivity index (χ2n) is 3.36. The Labute approximate surface area is 100 Å². The minimum atomic E-state index is 0.0197. The number of amidine groups is 1. The molecule has 1 rings (SSSR count). The molecule has 88 valence electrons. The summed E-state index contributed by atoms with van der Waals surface area (Å²) in [5, 5.41) is 7.29. The normalized spacial score (nSPS) is 10.3. The first-order valence-electron chi connectivity index (χ1n) is 5.10. The number of nitrogens with two attached hydrogens (primary N) is 1. The number of nitrogens with zero attached hydrogens (tertiary/aromatic N) is 1. The van der Waals surface area contributed by atoms with Gasteiger partial charge in [0.15, 0.2) is 0 Å². The largest absolute Gasteiger partial charge is 0.385 e. The Balaban J connectivity index is 2.36. The van der Waals surface area contributed by atoms with Gasteiger partial charge in [-0.15, -0.1) is 0 Å². The summed E-state index contributed by atoms with van der Waals surface area (Å²) in [6, 6.07) is 3.82. The average molecular weight is 239 g/mol. The molecular formula is C11H17N3OS. The average Bonchev–Trinajstić information content (AvgIpc) is 2.29. The van der Waals surface area contributed by atoms with E-state index in [0.717, 1.165) is 30.1 Å². The first-order chi connectivity index (χ1) is 7.74. The Hall–Kier alpha value is -1.07. The van der Waals surface area contributed by atoms with E-state index in [0.29, 0.717) is 5.69 Å². The summed E-state index contributed by atoms with van der Waals surface area (Å²) < 4.78 is 4.98. The van der Waals surface area contributed by atoms with Crippen molar-refractivity contribution in [2.24, 2.45) is 5.73 Å². The highest BCUT2D eigenvalue weighted by molar-refractivity contribution is 7.98. The molecule has 1 aromatic rings. The molecule has 1 aromatic heterocycles. The first-order valence-corrected chi connectivity index (χ1v) is 6.25. The van der Waals surface area contributed by atoms with Crippen LogP contribution in [0.1, 0.15) is 17.7 Å². The third-order valence-electron chi connectivity index (χ3n) is 2.01. The number of aromatic nitrogens is 1. The van der Waals surface area contributed by atoms with E-state index < -0.39 is 0 Å². The van der Waals surface area contributed by atoms with E-state index in [4.69, 9.17) is 15.9 Å². The van der Waals surface area contributed by atoms with Gasteiger partial charge in [0.05, 0.1) is 0 Å². The van der Waals surface area contributed by atoms with Crippen molar-refractivity contribution in [1.29, 1.82) is 5.41 Å². The molecule has 0 aliphatic rings. The fourth-order valence-corrected chi connectivity index (χ4v) is 2.09. The Morgan fingerprint density at radius 1 is 1.62 bits per heavy atom.